The minimum absolute atomic E-state index is 0.0930. The van der Waals surface area contributed by atoms with E-state index in [0.717, 1.165) is 98.4 Å². The van der Waals surface area contributed by atoms with Gasteiger partial charge in [-0.3, -0.25) is 4.90 Å². The number of H-pyrrole nitrogens is 1. The molecule has 39 heavy (non-hydrogen) atoms. The Hall–Kier alpha value is -3.40. The fraction of sp³-hybridized carbons (Fsp3) is 0.467. The first-order valence-electron chi connectivity index (χ1n) is 13.9. The predicted octanol–water partition coefficient (Wildman–Crippen LogP) is 4.69. The normalized spacial score (nSPS) is 17.9. The van der Waals surface area contributed by atoms with Crippen LogP contribution in [0.25, 0.3) is 21.8 Å². The number of morpholine rings is 1. The van der Waals surface area contributed by atoms with Gasteiger partial charge in [-0.15, -0.1) is 0 Å². The summed E-state index contributed by atoms with van der Waals surface area (Å²) in [5, 5.41) is 5.35. The Balaban J connectivity index is 1.26. The van der Waals surface area contributed by atoms with Crippen LogP contribution in [0.5, 0.6) is 23.1 Å². The average Bonchev–Trinajstić information content (AvgIpc) is 3.35. The molecule has 2 fully saturated rings. The summed E-state index contributed by atoms with van der Waals surface area (Å²) >= 11 is 0. The van der Waals surface area contributed by atoms with Gasteiger partial charge in [-0.05, 0) is 75.5 Å². The van der Waals surface area contributed by atoms with Gasteiger partial charge in [0.2, 0.25) is 5.88 Å². The number of ether oxygens (including phenoxy) is 4. The first-order chi connectivity index (χ1) is 19.2. The van der Waals surface area contributed by atoms with Crippen LogP contribution in [0.3, 0.4) is 0 Å². The molecule has 9 nitrogen and oxygen atoms in total. The van der Waals surface area contributed by atoms with Crippen molar-refractivity contribution in [2.45, 2.75) is 32.3 Å². The summed E-state index contributed by atoms with van der Waals surface area (Å²) in [5.41, 5.74) is 2.94. The molecular formula is C30H37N5O4. The summed E-state index contributed by atoms with van der Waals surface area (Å²) in [4.78, 5) is 14.8. The molecule has 2 aliphatic heterocycles. The lowest BCUT2D eigenvalue weighted by molar-refractivity contribution is 0.0251. The molecule has 2 N–H and O–H groups in total. The standard InChI is InChI=1S/C30H37N5O4/c1-20-15-22-16-23(3-4-25(22)34-20)38-30-24-17-28(36-2)29(18-26(24)32-19-33-30)39-27(21-5-8-31-9-6-21)7-10-35-11-13-37-14-12-35/h3-4,15-19,21,27,31,34H,5-14H2,1-2H3. The second-order valence-corrected chi connectivity index (χ2v) is 10.5. The van der Waals surface area contributed by atoms with Crippen molar-refractivity contribution in [1.82, 2.24) is 25.2 Å². The van der Waals surface area contributed by atoms with Crippen molar-refractivity contribution in [2.24, 2.45) is 5.92 Å². The van der Waals surface area contributed by atoms with Crippen LogP contribution in [0.15, 0.2) is 42.7 Å². The molecule has 1 atom stereocenters. The Morgan fingerprint density at radius 1 is 1.05 bits per heavy atom. The highest BCUT2D eigenvalue weighted by Crippen LogP contribution is 2.38. The lowest BCUT2D eigenvalue weighted by Crippen LogP contribution is -2.41. The molecular weight excluding hydrogens is 494 g/mol. The Labute approximate surface area is 228 Å². The van der Waals surface area contributed by atoms with Gasteiger partial charge in [0.05, 0.1) is 31.2 Å². The van der Waals surface area contributed by atoms with Crippen LogP contribution in [-0.4, -0.2) is 79.0 Å². The number of benzene rings is 2. The van der Waals surface area contributed by atoms with E-state index in [1.807, 2.05) is 37.3 Å². The first kappa shape index (κ1) is 25.9. The number of aromatic nitrogens is 3. The molecule has 4 heterocycles. The van der Waals surface area contributed by atoms with Crippen molar-refractivity contribution in [1.29, 1.82) is 0 Å². The molecule has 2 saturated heterocycles. The van der Waals surface area contributed by atoms with Gasteiger partial charge in [0.25, 0.3) is 0 Å². The first-order valence-corrected chi connectivity index (χ1v) is 13.9. The van der Waals surface area contributed by atoms with Gasteiger partial charge < -0.3 is 29.2 Å². The topological polar surface area (TPSA) is 93.8 Å². The molecule has 6 rings (SSSR count). The molecule has 2 aliphatic rings. The number of hydrogen-bond acceptors (Lipinski definition) is 8. The summed E-state index contributed by atoms with van der Waals surface area (Å²) in [7, 11) is 1.67. The van der Waals surface area contributed by atoms with Crippen molar-refractivity contribution in [3.8, 4) is 23.1 Å². The molecule has 206 valence electrons. The number of hydrogen-bond donors (Lipinski definition) is 2. The summed E-state index contributed by atoms with van der Waals surface area (Å²) in [6, 6.07) is 12.0. The predicted molar refractivity (Wildman–Crippen MR) is 151 cm³/mol. The van der Waals surface area contributed by atoms with Gasteiger partial charge >= 0.3 is 0 Å². The Morgan fingerprint density at radius 2 is 1.90 bits per heavy atom. The number of piperidine rings is 1. The van der Waals surface area contributed by atoms with Crippen LogP contribution >= 0.6 is 0 Å². The van der Waals surface area contributed by atoms with Crippen LogP contribution < -0.4 is 19.5 Å². The maximum Gasteiger partial charge on any atom is 0.230 e. The van der Waals surface area contributed by atoms with Crippen LogP contribution in [0, 0.1) is 12.8 Å². The summed E-state index contributed by atoms with van der Waals surface area (Å²) < 4.78 is 24.4. The van der Waals surface area contributed by atoms with E-state index in [2.05, 4.69) is 31.2 Å². The minimum atomic E-state index is 0.0930. The lowest BCUT2D eigenvalue weighted by atomic mass is 9.90. The molecule has 9 heteroatoms. The SMILES string of the molecule is COc1cc2c(Oc3ccc4[nH]c(C)cc4c3)ncnc2cc1OC(CCN1CCOCC1)C1CCNCC1. The molecule has 0 spiro atoms. The number of rotatable bonds is 9. The monoisotopic (exact) mass is 531 g/mol. The third-order valence-electron chi connectivity index (χ3n) is 7.85. The maximum absolute atomic E-state index is 6.77. The molecule has 0 saturated carbocycles. The smallest absolute Gasteiger partial charge is 0.230 e. The van der Waals surface area contributed by atoms with Gasteiger partial charge in [-0.1, -0.05) is 0 Å². The Bertz CT molecular complexity index is 1410. The van der Waals surface area contributed by atoms with E-state index in [-0.39, 0.29) is 6.10 Å². The van der Waals surface area contributed by atoms with Crippen molar-refractivity contribution < 1.29 is 18.9 Å². The van der Waals surface area contributed by atoms with Crippen molar-refractivity contribution in [3.05, 3.63) is 48.4 Å². The van der Waals surface area contributed by atoms with Crippen molar-refractivity contribution in [2.75, 3.05) is 53.0 Å². The largest absolute Gasteiger partial charge is 0.493 e. The van der Waals surface area contributed by atoms with E-state index in [1.54, 1.807) is 7.11 Å². The van der Waals surface area contributed by atoms with Crippen LogP contribution in [0.1, 0.15) is 25.0 Å². The Morgan fingerprint density at radius 3 is 2.72 bits per heavy atom. The number of fused-ring (bicyclic) bond motifs is 2. The second-order valence-electron chi connectivity index (χ2n) is 10.5. The fourth-order valence-corrected chi connectivity index (χ4v) is 5.71. The molecule has 2 aromatic heterocycles. The fourth-order valence-electron chi connectivity index (χ4n) is 5.71. The van der Waals surface area contributed by atoms with Crippen LogP contribution in [0.4, 0.5) is 0 Å². The molecule has 1 unspecified atom stereocenters. The third-order valence-corrected chi connectivity index (χ3v) is 7.85. The number of aromatic amines is 1. The van der Waals surface area contributed by atoms with Gasteiger partial charge in [0.1, 0.15) is 18.2 Å². The van der Waals surface area contributed by atoms with E-state index >= 15 is 0 Å². The van der Waals surface area contributed by atoms with Crippen molar-refractivity contribution in [3.63, 3.8) is 0 Å². The minimum Gasteiger partial charge on any atom is -0.493 e. The van der Waals surface area contributed by atoms with E-state index in [9.17, 15) is 0 Å². The molecule has 0 aliphatic carbocycles. The quantitative estimate of drug-likeness (QED) is 0.321. The lowest BCUT2D eigenvalue weighted by Gasteiger charge is -2.34. The summed E-state index contributed by atoms with van der Waals surface area (Å²) in [6.45, 7) is 8.67. The number of aryl methyl sites for hydroxylation is 1. The summed E-state index contributed by atoms with van der Waals surface area (Å²) in [5.74, 6) is 3.06. The average molecular weight is 532 g/mol. The number of nitrogens with zero attached hydrogens (tertiary/aromatic N) is 3. The van der Waals surface area contributed by atoms with Crippen molar-refractivity contribution >= 4 is 21.8 Å². The van der Waals surface area contributed by atoms with Gasteiger partial charge in [-0.2, -0.15) is 0 Å². The maximum atomic E-state index is 6.77. The zero-order valence-electron chi connectivity index (χ0n) is 22.7. The van der Waals surface area contributed by atoms with E-state index in [0.29, 0.717) is 23.3 Å². The van der Waals surface area contributed by atoms with Gasteiger partial charge in [0, 0.05) is 42.3 Å². The highest BCUT2D eigenvalue weighted by molar-refractivity contribution is 5.87. The molecule has 0 bridgehead atoms. The third kappa shape index (κ3) is 5.95. The molecule has 0 amide bonds. The highest BCUT2D eigenvalue weighted by atomic mass is 16.5. The number of nitrogens with one attached hydrogen (secondary N) is 2. The van der Waals surface area contributed by atoms with E-state index < -0.39 is 0 Å². The zero-order valence-corrected chi connectivity index (χ0v) is 22.7. The van der Waals surface area contributed by atoms with E-state index in [1.165, 1.54) is 6.33 Å². The van der Waals surface area contributed by atoms with E-state index in [4.69, 9.17) is 18.9 Å². The zero-order chi connectivity index (χ0) is 26.6. The highest BCUT2D eigenvalue weighted by Gasteiger charge is 2.27. The molecule has 2 aromatic carbocycles. The van der Waals surface area contributed by atoms with Crippen LogP contribution in [-0.2, 0) is 4.74 Å². The van der Waals surface area contributed by atoms with Crippen LogP contribution in [0.2, 0.25) is 0 Å². The molecule has 0 radical (unpaired) electrons. The molecule has 4 aromatic rings. The van der Waals surface area contributed by atoms with Gasteiger partial charge in [-0.25, -0.2) is 9.97 Å². The summed E-state index contributed by atoms with van der Waals surface area (Å²) in [6.07, 6.45) is 4.81. The Kier molecular flexibility index (Phi) is 7.81. The number of methoxy groups -OCH3 is 1. The van der Waals surface area contributed by atoms with Gasteiger partial charge in [0.15, 0.2) is 11.5 Å². The second kappa shape index (κ2) is 11.8.